The molecule has 0 aliphatic carbocycles. The van der Waals surface area contributed by atoms with Crippen LogP contribution < -0.4 is 5.32 Å². The van der Waals surface area contributed by atoms with Gasteiger partial charge in [-0.1, -0.05) is 32.0 Å². The van der Waals surface area contributed by atoms with Crippen molar-refractivity contribution in [1.82, 2.24) is 0 Å². The Hall–Kier alpha value is -1.54. The fourth-order valence-corrected chi connectivity index (χ4v) is 6.28. The molecule has 1 N–H and O–H groups in total. The molecule has 1 aliphatic rings. The van der Waals surface area contributed by atoms with Crippen molar-refractivity contribution in [3.05, 3.63) is 29.3 Å². The Morgan fingerprint density at radius 2 is 1.88 bits per heavy atom. The Kier molecular flexibility index (Phi) is 7.52. The zero-order valence-electron chi connectivity index (χ0n) is 15.1. The highest BCUT2D eigenvalue weighted by atomic mass is 32.2. The maximum Gasteiger partial charge on any atom is 0.316 e. The van der Waals surface area contributed by atoms with Crippen LogP contribution in [0.15, 0.2) is 18.2 Å². The molecule has 0 unspecified atom stereocenters. The van der Waals surface area contributed by atoms with Crippen molar-refractivity contribution < 1.29 is 22.7 Å². The Balaban J connectivity index is 1.79. The minimum atomic E-state index is -2.95. The van der Waals surface area contributed by atoms with E-state index in [4.69, 9.17) is 4.74 Å². The lowest BCUT2D eigenvalue weighted by Gasteiger charge is -2.14. The summed E-state index contributed by atoms with van der Waals surface area (Å²) in [6.07, 6.45) is 2.16. The number of thioether (sulfide) groups is 1. The van der Waals surface area contributed by atoms with Crippen molar-refractivity contribution >= 4 is 39.2 Å². The van der Waals surface area contributed by atoms with E-state index in [1.807, 2.05) is 32.0 Å². The number of rotatable bonds is 8. The van der Waals surface area contributed by atoms with E-state index in [-0.39, 0.29) is 35.0 Å². The number of carbonyl (C=O) groups is 2. The number of aryl methyl sites for hydroxylation is 2. The van der Waals surface area contributed by atoms with E-state index in [0.717, 1.165) is 29.7 Å². The van der Waals surface area contributed by atoms with Crippen LogP contribution in [0.4, 0.5) is 5.69 Å². The number of anilines is 1. The molecule has 8 heteroatoms. The molecule has 1 saturated heterocycles. The Bertz CT molecular complexity index is 739. The van der Waals surface area contributed by atoms with Crippen LogP contribution >= 0.6 is 11.8 Å². The minimum Gasteiger partial charge on any atom is -0.455 e. The zero-order chi connectivity index (χ0) is 19.2. The van der Waals surface area contributed by atoms with Gasteiger partial charge in [-0.25, -0.2) is 8.42 Å². The van der Waals surface area contributed by atoms with Gasteiger partial charge in [-0.15, -0.1) is 11.8 Å². The predicted octanol–water partition coefficient (Wildman–Crippen LogP) is 2.21. The van der Waals surface area contributed by atoms with Gasteiger partial charge in [0.1, 0.15) is 0 Å². The number of nitrogens with one attached hydrogen (secondary N) is 1. The lowest BCUT2D eigenvalue weighted by atomic mass is 10.0. The summed E-state index contributed by atoms with van der Waals surface area (Å²) in [6, 6.07) is 5.90. The first-order chi connectivity index (χ1) is 12.3. The third kappa shape index (κ3) is 6.02. The van der Waals surface area contributed by atoms with Gasteiger partial charge in [0.25, 0.3) is 5.91 Å². The first kappa shape index (κ1) is 20.8. The van der Waals surface area contributed by atoms with Gasteiger partial charge in [0.05, 0.1) is 17.3 Å². The SMILES string of the molecule is CCc1cccc(CC)c1NC(=O)COC(=O)CS[C@H]1CCS(=O)(=O)C1. The highest BCUT2D eigenvalue weighted by Gasteiger charge is 2.28. The number of para-hydroxylation sites is 1. The second-order valence-corrected chi connectivity index (χ2v) is 9.72. The van der Waals surface area contributed by atoms with Gasteiger partial charge in [-0.05, 0) is 30.4 Å². The maximum absolute atomic E-state index is 12.1. The molecular weight excluding hydrogens is 374 g/mol. The largest absolute Gasteiger partial charge is 0.455 e. The fraction of sp³-hybridized carbons (Fsp3) is 0.556. The summed E-state index contributed by atoms with van der Waals surface area (Å²) < 4.78 is 27.8. The van der Waals surface area contributed by atoms with E-state index in [1.54, 1.807) is 0 Å². The van der Waals surface area contributed by atoms with Gasteiger partial charge in [0.2, 0.25) is 0 Å². The van der Waals surface area contributed by atoms with Gasteiger partial charge in [-0.3, -0.25) is 9.59 Å². The van der Waals surface area contributed by atoms with Gasteiger partial charge < -0.3 is 10.1 Å². The smallest absolute Gasteiger partial charge is 0.316 e. The summed E-state index contributed by atoms with van der Waals surface area (Å²) in [5.74, 6) is -0.534. The molecule has 1 fully saturated rings. The summed E-state index contributed by atoms with van der Waals surface area (Å²) in [4.78, 5) is 23.9. The van der Waals surface area contributed by atoms with Crippen molar-refractivity contribution in [3.63, 3.8) is 0 Å². The average molecular weight is 400 g/mol. The number of carbonyl (C=O) groups excluding carboxylic acids is 2. The Morgan fingerprint density at radius 1 is 1.23 bits per heavy atom. The van der Waals surface area contributed by atoms with Gasteiger partial charge in [-0.2, -0.15) is 0 Å². The summed E-state index contributed by atoms with van der Waals surface area (Å²) in [5, 5.41) is 2.78. The van der Waals surface area contributed by atoms with E-state index < -0.39 is 15.8 Å². The number of amides is 1. The van der Waals surface area contributed by atoms with Crippen LogP contribution in [0, 0.1) is 0 Å². The van der Waals surface area contributed by atoms with E-state index in [9.17, 15) is 18.0 Å². The minimum absolute atomic E-state index is 0.0548. The van der Waals surface area contributed by atoms with Crippen LogP contribution in [0.25, 0.3) is 0 Å². The van der Waals surface area contributed by atoms with Crippen LogP contribution in [0.1, 0.15) is 31.4 Å². The van der Waals surface area contributed by atoms with Crippen molar-refractivity contribution in [2.45, 2.75) is 38.4 Å². The van der Waals surface area contributed by atoms with Crippen molar-refractivity contribution in [2.24, 2.45) is 0 Å². The average Bonchev–Trinajstić information content (AvgIpc) is 2.97. The number of ether oxygens (including phenoxy) is 1. The summed E-state index contributed by atoms with van der Waals surface area (Å²) >= 11 is 1.28. The molecule has 1 atom stereocenters. The molecule has 2 rings (SSSR count). The van der Waals surface area contributed by atoms with E-state index in [0.29, 0.717) is 6.42 Å². The first-order valence-electron chi connectivity index (χ1n) is 8.73. The molecule has 26 heavy (non-hydrogen) atoms. The third-order valence-corrected chi connectivity index (χ3v) is 7.51. The zero-order valence-corrected chi connectivity index (χ0v) is 16.7. The highest BCUT2D eigenvalue weighted by molar-refractivity contribution is 8.02. The second kappa shape index (κ2) is 9.41. The summed E-state index contributed by atoms with van der Waals surface area (Å²) in [5.41, 5.74) is 2.88. The monoisotopic (exact) mass is 399 g/mol. The number of benzene rings is 1. The molecule has 1 aromatic carbocycles. The van der Waals surface area contributed by atoms with Crippen LogP contribution in [0.2, 0.25) is 0 Å². The molecule has 0 aromatic heterocycles. The molecule has 1 aromatic rings. The molecule has 1 heterocycles. The maximum atomic E-state index is 12.1. The highest BCUT2D eigenvalue weighted by Crippen LogP contribution is 2.24. The molecule has 0 spiro atoms. The van der Waals surface area contributed by atoms with Crippen molar-refractivity contribution in [2.75, 3.05) is 29.2 Å². The predicted molar refractivity (Wildman–Crippen MR) is 104 cm³/mol. The molecule has 0 bridgehead atoms. The molecule has 1 amide bonds. The quantitative estimate of drug-likeness (QED) is 0.674. The lowest BCUT2D eigenvalue weighted by molar-refractivity contribution is -0.144. The van der Waals surface area contributed by atoms with Crippen molar-refractivity contribution in [3.8, 4) is 0 Å². The first-order valence-corrected chi connectivity index (χ1v) is 11.6. The number of hydrogen-bond acceptors (Lipinski definition) is 6. The van der Waals surface area contributed by atoms with Crippen LogP contribution in [0.3, 0.4) is 0 Å². The molecule has 144 valence electrons. The number of hydrogen-bond donors (Lipinski definition) is 1. The van der Waals surface area contributed by atoms with Crippen molar-refractivity contribution in [1.29, 1.82) is 0 Å². The van der Waals surface area contributed by atoms with Crippen LogP contribution in [-0.4, -0.2) is 49.4 Å². The normalized spacial score (nSPS) is 18.5. The van der Waals surface area contributed by atoms with Crippen LogP contribution in [0.5, 0.6) is 0 Å². The molecular formula is C18H25NO5S2. The van der Waals surface area contributed by atoms with Gasteiger partial charge >= 0.3 is 5.97 Å². The van der Waals surface area contributed by atoms with Crippen LogP contribution in [-0.2, 0) is 37.0 Å². The molecule has 6 nitrogen and oxygen atoms in total. The summed E-state index contributed by atoms with van der Waals surface area (Å²) in [7, 11) is -2.95. The topological polar surface area (TPSA) is 89.5 Å². The van der Waals surface area contributed by atoms with Gasteiger partial charge in [0.15, 0.2) is 16.4 Å². The fourth-order valence-electron chi connectivity index (χ4n) is 2.84. The standard InChI is InChI=1S/C18H25NO5S2/c1-3-13-6-5-7-14(4-2)18(13)19-16(20)10-24-17(21)11-25-15-8-9-26(22,23)12-15/h5-7,15H,3-4,8-12H2,1-2H3,(H,19,20)/t15-/m0/s1. The molecule has 0 radical (unpaired) electrons. The van der Waals surface area contributed by atoms with E-state index >= 15 is 0 Å². The summed E-state index contributed by atoms with van der Waals surface area (Å²) in [6.45, 7) is 3.69. The van der Waals surface area contributed by atoms with E-state index in [1.165, 1.54) is 11.8 Å². The number of sulfone groups is 1. The second-order valence-electron chi connectivity index (χ2n) is 6.20. The number of esters is 1. The Morgan fingerprint density at radius 3 is 2.42 bits per heavy atom. The molecule has 1 aliphatic heterocycles. The third-order valence-electron chi connectivity index (χ3n) is 4.26. The lowest BCUT2D eigenvalue weighted by Crippen LogP contribution is -2.23. The Labute approximate surface area is 159 Å². The molecule has 0 saturated carbocycles. The van der Waals surface area contributed by atoms with Gasteiger partial charge in [0, 0.05) is 10.9 Å². The van der Waals surface area contributed by atoms with E-state index in [2.05, 4.69) is 5.32 Å².